The Balaban J connectivity index is 2.28. The largest absolute Gasteiger partial charge is 0.383 e. The van der Waals surface area contributed by atoms with E-state index in [1.54, 1.807) is 14.0 Å². The molecule has 0 radical (unpaired) electrons. The van der Waals surface area contributed by atoms with E-state index in [9.17, 15) is 14.4 Å². The molecule has 1 saturated carbocycles. The number of ether oxygens (including phenoxy) is 1. The van der Waals surface area contributed by atoms with Crippen molar-refractivity contribution < 1.29 is 19.1 Å². The van der Waals surface area contributed by atoms with Gasteiger partial charge >= 0.3 is 11.8 Å². The molecule has 130 valence electrons. The Hall–Kier alpha value is -1.96. The molecule has 1 fully saturated rings. The number of hydrogen-bond donors (Lipinski definition) is 3. The van der Waals surface area contributed by atoms with Crippen molar-refractivity contribution in [2.45, 2.75) is 51.5 Å². The number of methoxy groups -OCH3 is 1. The molecule has 0 spiro atoms. The van der Waals surface area contributed by atoms with E-state index in [-0.39, 0.29) is 18.4 Å². The van der Waals surface area contributed by atoms with E-state index in [0.717, 1.165) is 25.7 Å². The number of nitrogens with one attached hydrogen (secondary N) is 3. The molecule has 3 N–H and O–H groups in total. The topological polar surface area (TPSA) is 109 Å². The van der Waals surface area contributed by atoms with Crippen molar-refractivity contribution in [2.24, 2.45) is 5.10 Å². The Morgan fingerprint density at radius 1 is 1.13 bits per heavy atom. The van der Waals surface area contributed by atoms with Crippen molar-refractivity contribution in [3.63, 3.8) is 0 Å². The monoisotopic (exact) mass is 326 g/mol. The third-order valence-corrected chi connectivity index (χ3v) is 3.54. The zero-order valence-corrected chi connectivity index (χ0v) is 13.8. The summed E-state index contributed by atoms with van der Waals surface area (Å²) in [5, 5.41) is 9.12. The van der Waals surface area contributed by atoms with Gasteiger partial charge in [0.05, 0.1) is 13.0 Å². The number of amides is 3. The Morgan fingerprint density at radius 3 is 2.48 bits per heavy atom. The Bertz CT molecular complexity index is 445. The zero-order valence-electron chi connectivity index (χ0n) is 13.8. The van der Waals surface area contributed by atoms with Gasteiger partial charge in [0.25, 0.3) is 0 Å². The molecule has 23 heavy (non-hydrogen) atoms. The van der Waals surface area contributed by atoms with Crippen LogP contribution in [0.4, 0.5) is 0 Å². The summed E-state index contributed by atoms with van der Waals surface area (Å²) in [6, 6.07) is 0.0682. The lowest BCUT2D eigenvalue weighted by Gasteiger charge is -2.22. The van der Waals surface area contributed by atoms with Crippen LogP contribution < -0.4 is 16.1 Å². The standard InChI is InChI=1S/C15H26N4O4/c1-11(10-13(20)16-8-9-23-2)18-19-15(22)14(21)17-12-6-4-3-5-7-12/h12H,3-10H2,1-2H3,(H,16,20)(H,17,21)(H,19,22)/b18-11-. The van der Waals surface area contributed by atoms with Crippen molar-refractivity contribution in [3.05, 3.63) is 0 Å². The molecule has 8 heteroatoms. The average Bonchev–Trinajstić information content (AvgIpc) is 2.53. The molecule has 0 unspecified atom stereocenters. The van der Waals surface area contributed by atoms with Crippen LogP contribution >= 0.6 is 0 Å². The maximum Gasteiger partial charge on any atom is 0.329 e. The summed E-state index contributed by atoms with van der Waals surface area (Å²) >= 11 is 0. The SMILES string of the molecule is COCCNC(=O)C/C(C)=N\NC(=O)C(=O)NC1CCCCC1. The van der Waals surface area contributed by atoms with Crippen LogP contribution in [0.5, 0.6) is 0 Å². The van der Waals surface area contributed by atoms with Crippen LogP contribution in [0.1, 0.15) is 45.4 Å². The van der Waals surface area contributed by atoms with Gasteiger partial charge in [0.2, 0.25) is 5.91 Å². The van der Waals surface area contributed by atoms with Crippen LogP contribution in [0.15, 0.2) is 5.10 Å². The molecule has 0 aromatic heterocycles. The second-order valence-electron chi connectivity index (χ2n) is 5.62. The molecule has 0 aromatic rings. The minimum atomic E-state index is -0.810. The van der Waals surface area contributed by atoms with E-state index in [2.05, 4.69) is 21.2 Å². The summed E-state index contributed by atoms with van der Waals surface area (Å²) in [5.41, 5.74) is 2.59. The first-order valence-corrected chi connectivity index (χ1v) is 7.92. The van der Waals surface area contributed by atoms with Crippen LogP contribution in [0.3, 0.4) is 0 Å². The zero-order chi connectivity index (χ0) is 17.1. The molecule has 1 aliphatic carbocycles. The highest BCUT2D eigenvalue weighted by atomic mass is 16.5. The van der Waals surface area contributed by atoms with E-state index >= 15 is 0 Å². The molecule has 1 aliphatic rings. The summed E-state index contributed by atoms with van der Waals surface area (Å²) in [6.07, 6.45) is 5.18. The second-order valence-corrected chi connectivity index (χ2v) is 5.62. The molecular weight excluding hydrogens is 300 g/mol. The van der Waals surface area contributed by atoms with Crippen molar-refractivity contribution in [1.29, 1.82) is 0 Å². The van der Waals surface area contributed by atoms with Crippen LogP contribution in [-0.2, 0) is 19.1 Å². The van der Waals surface area contributed by atoms with E-state index in [1.165, 1.54) is 6.42 Å². The summed E-state index contributed by atoms with van der Waals surface area (Å²) in [4.78, 5) is 34.9. The highest BCUT2D eigenvalue weighted by Crippen LogP contribution is 2.17. The fraction of sp³-hybridized carbons (Fsp3) is 0.733. The van der Waals surface area contributed by atoms with Gasteiger partial charge in [-0.1, -0.05) is 19.3 Å². The summed E-state index contributed by atoms with van der Waals surface area (Å²) < 4.78 is 4.82. The number of hydrogen-bond acceptors (Lipinski definition) is 5. The third kappa shape index (κ3) is 8.29. The summed E-state index contributed by atoms with van der Waals surface area (Å²) in [5.74, 6) is -1.71. The molecule has 8 nitrogen and oxygen atoms in total. The van der Waals surface area contributed by atoms with Crippen LogP contribution in [0.25, 0.3) is 0 Å². The van der Waals surface area contributed by atoms with Crippen molar-refractivity contribution in [2.75, 3.05) is 20.3 Å². The molecule has 0 bridgehead atoms. The number of rotatable bonds is 7. The maximum atomic E-state index is 11.7. The number of carbonyl (C=O) groups is 3. The van der Waals surface area contributed by atoms with Gasteiger partial charge < -0.3 is 15.4 Å². The molecular formula is C15H26N4O4. The second kappa shape index (κ2) is 10.7. The first-order chi connectivity index (χ1) is 11.0. The van der Waals surface area contributed by atoms with E-state index < -0.39 is 11.8 Å². The summed E-state index contributed by atoms with van der Waals surface area (Å²) in [7, 11) is 1.55. The minimum Gasteiger partial charge on any atom is -0.383 e. The average molecular weight is 326 g/mol. The minimum absolute atomic E-state index is 0.0498. The lowest BCUT2D eigenvalue weighted by molar-refractivity contribution is -0.139. The number of carbonyl (C=O) groups excluding carboxylic acids is 3. The van der Waals surface area contributed by atoms with Gasteiger partial charge in [0, 0.05) is 25.4 Å². The van der Waals surface area contributed by atoms with Gasteiger partial charge in [0.1, 0.15) is 0 Å². The molecule has 0 heterocycles. The smallest absolute Gasteiger partial charge is 0.329 e. The first-order valence-electron chi connectivity index (χ1n) is 7.92. The van der Waals surface area contributed by atoms with E-state index in [1.807, 2.05) is 0 Å². The predicted molar refractivity (Wildman–Crippen MR) is 85.8 cm³/mol. The Labute approximate surface area is 136 Å². The van der Waals surface area contributed by atoms with Crippen LogP contribution in [0.2, 0.25) is 0 Å². The number of nitrogens with zero attached hydrogens (tertiary/aromatic N) is 1. The molecule has 0 atom stereocenters. The lowest BCUT2D eigenvalue weighted by Crippen LogP contribution is -2.44. The lowest BCUT2D eigenvalue weighted by atomic mass is 9.95. The van der Waals surface area contributed by atoms with Gasteiger partial charge in [-0.15, -0.1) is 0 Å². The fourth-order valence-corrected chi connectivity index (χ4v) is 2.32. The molecule has 0 saturated heterocycles. The molecule has 0 aliphatic heterocycles. The summed E-state index contributed by atoms with van der Waals surface area (Å²) in [6.45, 7) is 2.45. The Kier molecular flexibility index (Phi) is 8.89. The highest BCUT2D eigenvalue weighted by molar-refractivity contribution is 6.35. The Morgan fingerprint density at radius 2 is 1.83 bits per heavy atom. The normalized spacial score (nSPS) is 15.8. The molecule has 3 amide bonds. The number of hydrazone groups is 1. The van der Waals surface area contributed by atoms with Gasteiger partial charge in [-0.2, -0.15) is 5.10 Å². The quantitative estimate of drug-likeness (QED) is 0.266. The van der Waals surface area contributed by atoms with Crippen LogP contribution in [-0.4, -0.2) is 49.7 Å². The van der Waals surface area contributed by atoms with Gasteiger partial charge in [-0.05, 0) is 19.8 Å². The first kappa shape index (κ1) is 19.1. The van der Waals surface area contributed by atoms with Crippen molar-refractivity contribution in [3.8, 4) is 0 Å². The predicted octanol–water partition coefficient (Wildman–Crippen LogP) is 0.0801. The fourth-order valence-electron chi connectivity index (χ4n) is 2.32. The van der Waals surface area contributed by atoms with Crippen molar-refractivity contribution >= 4 is 23.4 Å². The molecule has 0 aromatic carbocycles. The highest BCUT2D eigenvalue weighted by Gasteiger charge is 2.20. The van der Waals surface area contributed by atoms with Gasteiger partial charge in [-0.3, -0.25) is 14.4 Å². The van der Waals surface area contributed by atoms with E-state index in [0.29, 0.717) is 18.9 Å². The van der Waals surface area contributed by atoms with Crippen molar-refractivity contribution in [1.82, 2.24) is 16.1 Å². The van der Waals surface area contributed by atoms with E-state index in [4.69, 9.17) is 4.74 Å². The van der Waals surface area contributed by atoms with Crippen LogP contribution in [0, 0.1) is 0 Å². The molecule has 1 rings (SSSR count). The van der Waals surface area contributed by atoms with Gasteiger partial charge in [-0.25, -0.2) is 5.43 Å². The third-order valence-electron chi connectivity index (χ3n) is 3.54. The maximum absolute atomic E-state index is 11.7. The van der Waals surface area contributed by atoms with Gasteiger partial charge in [0.15, 0.2) is 0 Å².